The van der Waals surface area contributed by atoms with E-state index in [9.17, 15) is 9.59 Å². The Morgan fingerprint density at radius 3 is 2.95 bits per heavy atom. The lowest BCUT2D eigenvalue weighted by molar-refractivity contribution is -0.109. The summed E-state index contributed by atoms with van der Waals surface area (Å²) in [6, 6.07) is 1.35. The normalized spacial score (nSPS) is 17.6. The Bertz CT molecular complexity index is 516. The zero-order valence-corrected chi connectivity index (χ0v) is 12.0. The van der Waals surface area contributed by atoms with Gasteiger partial charge in [-0.2, -0.15) is 0 Å². The summed E-state index contributed by atoms with van der Waals surface area (Å²) < 4.78 is 5.55. The number of nitrogens with zero attached hydrogens (tertiary/aromatic N) is 3. The van der Waals surface area contributed by atoms with Crippen molar-refractivity contribution in [2.75, 3.05) is 38.7 Å². The van der Waals surface area contributed by atoms with Gasteiger partial charge in [0.05, 0.1) is 0 Å². The summed E-state index contributed by atoms with van der Waals surface area (Å²) in [4.78, 5) is 30.8. The molecule has 0 spiro atoms. The van der Waals surface area contributed by atoms with Crippen LogP contribution in [0.2, 0.25) is 0 Å². The molecule has 108 valence electrons. The molecule has 0 fully saturated rings. The highest BCUT2D eigenvalue weighted by Crippen LogP contribution is 2.31. The summed E-state index contributed by atoms with van der Waals surface area (Å²) in [6.07, 6.45) is 2.40. The first-order valence-electron chi connectivity index (χ1n) is 6.53. The van der Waals surface area contributed by atoms with Crippen molar-refractivity contribution >= 4 is 17.9 Å². The van der Waals surface area contributed by atoms with E-state index >= 15 is 0 Å². The van der Waals surface area contributed by atoms with Crippen LogP contribution in [0.15, 0.2) is 12.3 Å². The zero-order chi connectivity index (χ0) is 14.7. The van der Waals surface area contributed by atoms with Crippen molar-refractivity contribution < 1.29 is 14.3 Å². The number of pyridine rings is 1. The fourth-order valence-electron chi connectivity index (χ4n) is 2.07. The van der Waals surface area contributed by atoms with Gasteiger partial charge in [-0.1, -0.05) is 0 Å². The largest absolute Gasteiger partial charge is 0.487 e. The van der Waals surface area contributed by atoms with Gasteiger partial charge < -0.3 is 19.3 Å². The number of carbonyl (C=O) groups excluding carboxylic acids is 2. The molecule has 0 saturated carbocycles. The quantitative estimate of drug-likeness (QED) is 0.580. The molecular formula is C14H19N3O3. The van der Waals surface area contributed by atoms with Crippen LogP contribution in [0.1, 0.15) is 17.3 Å². The van der Waals surface area contributed by atoms with E-state index in [1.165, 1.54) is 13.1 Å². The molecule has 0 N–H and O–H groups in total. The van der Waals surface area contributed by atoms with Gasteiger partial charge in [0.1, 0.15) is 18.9 Å². The van der Waals surface area contributed by atoms with Crippen LogP contribution in [-0.2, 0) is 4.79 Å². The monoisotopic (exact) mass is 277 g/mol. The summed E-state index contributed by atoms with van der Waals surface area (Å²) in [6.45, 7) is 3.26. The first-order chi connectivity index (χ1) is 9.52. The molecule has 1 aliphatic heterocycles. The smallest absolute Gasteiger partial charge is 0.172 e. The van der Waals surface area contributed by atoms with Gasteiger partial charge in [-0.25, -0.2) is 4.98 Å². The maximum absolute atomic E-state index is 11.4. The average Bonchev–Trinajstić information content (AvgIpc) is 2.43. The minimum Gasteiger partial charge on any atom is -0.487 e. The van der Waals surface area contributed by atoms with Gasteiger partial charge in [0.25, 0.3) is 0 Å². The number of aldehydes is 1. The maximum atomic E-state index is 11.4. The number of fused-ring (bicyclic) bond motifs is 1. The molecule has 2 heterocycles. The first-order valence-corrected chi connectivity index (χ1v) is 6.53. The Kier molecular flexibility index (Phi) is 4.34. The number of hydrogen-bond donors (Lipinski definition) is 0. The minimum atomic E-state index is -0.335. The molecule has 1 aliphatic rings. The number of Topliss-reactive ketones (excluding diaryl/α,β-unsaturated/α-hetero) is 1. The lowest BCUT2D eigenvalue weighted by Crippen LogP contribution is -2.47. The summed E-state index contributed by atoms with van der Waals surface area (Å²) in [5, 5.41) is 0. The van der Waals surface area contributed by atoms with Crippen molar-refractivity contribution in [3.63, 3.8) is 0 Å². The van der Waals surface area contributed by atoms with E-state index in [1.807, 2.05) is 23.9 Å². The van der Waals surface area contributed by atoms with E-state index < -0.39 is 0 Å². The molecule has 1 aromatic heterocycles. The topological polar surface area (TPSA) is 62.7 Å². The van der Waals surface area contributed by atoms with E-state index in [0.717, 1.165) is 12.8 Å². The Hall–Kier alpha value is -1.95. The van der Waals surface area contributed by atoms with Crippen molar-refractivity contribution in [1.29, 1.82) is 0 Å². The van der Waals surface area contributed by atoms with Crippen LogP contribution >= 0.6 is 0 Å². The van der Waals surface area contributed by atoms with Crippen molar-refractivity contribution in [2.24, 2.45) is 0 Å². The van der Waals surface area contributed by atoms with Crippen molar-refractivity contribution in [1.82, 2.24) is 9.88 Å². The summed E-state index contributed by atoms with van der Waals surface area (Å²) in [5.41, 5.74) is 0.515. The molecule has 20 heavy (non-hydrogen) atoms. The molecular weight excluding hydrogens is 258 g/mol. The van der Waals surface area contributed by atoms with Crippen molar-refractivity contribution in [3.05, 3.63) is 17.8 Å². The van der Waals surface area contributed by atoms with Gasteiger partial charge in [-0.3, -0.25) is 4.79 Å². The van der Waals surface area contributed by atoms with E-state index in [0.29, 0.717) is 23.7 Å². The van der Waals surface area contributed by atoms with E-state index in [2.05, 4.69) is 4.98 Å². The second-order valence-electron chi connectivity index (χ2n) is 5.11. The molecule has 1 atom stereocenters. The molecule has 0 radical (unpaired) electrons. The molecule has 0 unspecified atom stereocenters. The number of carbonyl (C=O) groups is 2. The highest BCUT2D eigenvalue weighted by atomic mass is 16.5. The number of anilines is 1. The Labute approximate surface area is 118 Å². The SMILES string of the molecule is CC(=O)c1cnc2c(c1)OC[C@H](C=O)N2CCN(C)C. The van der Waals surface area contributed by atoms with Crippen molar-refractivity contribution in [3.8, 4) is 5.75 Å². The van der Waals surface area contributed by atoms with Gasteiger partial charge in [0, 0.05) is 24.8 Å². The molecule has 0 amide bonds. The number of ether oxygens (including phenoxy) is 1. The van der Waals surface area contributed by atoms with Crippen molar-refractivity contribution in [2.45, 2.75) is 13.0 Å². The van der Waals surface area contributed by atoms with Crippen LogP contribution < -0.4 is 9.64 Å². The Morgan fingerprint density at radius 1 is 1.60 bits per heavy atom. The van der Waals surface area contributed by atoms with Crippen LogP contribution in [0.3, 0.4) is 0 Å². The predicted octanol–water partition coefficient (Wildman–Crippen LogP) is 0.612. The minimum absolute atomic E-state index is 0.0544. The third kappa shape index (κ3) is 2.96. The molecule has 1 aromatic rings. The van der Waals surface area contributed by atoms with E-state index in [-0.39, 0.29) is 18.4 Å². The van der Waals surface area contributed by atoms with Gasteiger partial charge in [-0.05, 0) is 27.1 Å². The van der Waals surface area contributed by atoms with Gasteiger partial charge in [0.15, 0.2) is 17.4 Å². The maximum Gasteiger partial charge on any atom is 0.172 e. The van der Waals surface area contributed by atoms with Crippen LogP contribution in [0.4, 0.5) is 5.82 Å². The highest BCUT2D eigenvalue weighted by molar-refractivity contribution is 5.94. The van der Waals surface area contributed by atoms with Crippen LogP contribution in [0, 0.1) is 0 Å². The lowest BCUT2D eigenvalue weighted by Gasteiger charge is -2.35. The van der Waals surface area contributed by atoms with Gasteiger partial charge in [-0.15, -0.1) is 0 Å². The molecule has 0 aliphatic carbocycles. The zero-order valence-electron chi connectivity index (χ0n) is 12.0. The standard InChI is InChI=1S/C14H19N3O3/c1-10(19)11-6-13-14(15-7-11)17(5-4-16(2)3)12(8-18)9-20-13/h6-8,12H,4-5,9H2,1-3H3/t12-/m0/s1. The summed E-state index contributed by atoms with van der Waals surface area (Å²) in [5.74, 6) is 1.14. The number of aromatic nitrogens is 1. The third-order valence-corrected chi connectivity index (χ3v) is 3.27. The second kappa shape index (κ2) is 6.00. The molecule has 0 saturated heterocycles. The highest BCUT2D eigenvalue weighted by Gasteiger charge is 2.28. The molecule has 0 bridgehead atoms. The fourth-order valence-corrected chi connectivity index (χ4v) is 2.07. The first kappa shape index (κ1) is 14.5. The third-order valence-electron chi connectivity index (χ3n) is 3.27. The number of rotatable bonds is 5. The van der Waals surface area contributed by atoms with E-state index in [1.54, 1.807) is 6.07 Å². The summed E-state index contributed by atoms with van der Waals surface area (Å²) in [7, 11) is 3.95. The van der Waals surface area contributed by atoms with Gasteiger partial charge >= 0.3 is 0 Å². The number of ketones is 1. The molecule has 2 rings (SSSR count). The number of hydrogen-bond acceptors (Lipinski definition) is 6. The Morgan fingerprint density at radius 2 is 2.35 bits per heavy atom. The summed E-state index contributed by atoms with van der Waals surface area (Å²) >= 11 is 0. The molecule has 0 aromatic carbocycles. The predicted molar refractivity (Wildman–Crippen MR) is 75.5 cm³/mol. The lowest BCUT2D eigenvalue weighted by atomic mass is 10.1. The van der Waals surface area contributed by atoms with Crippen LogP contribution in [0.5, 0.6) is 5.75 Å². The molecule has 6 heteroatoms. The van der Waals surface area contributed by atoms with E-state index in [4.69, 9.17) is 4.74 Å². The fraction of sp³-hybridized carbons (Fsp3) is 0.500. The number of likely N-dealkylation sites (N-methyl/N-ethyl adjacent to an activating group) is 1. The van der Waals surface area contributed by atoms with Crippen LogP contribution in [-0.4, -0.2) is 61.8 Å². The molecule has 6 nitrogen and oxygen atoms in total. The van der Waals surface area contributed by atoms with Gasteiger partial charge in [0.2, 0.25) is 0 Å². The average molecular weight is 277 g/mol. The second-order valence-corrected chi connectivity index (χ2v) is 5.11. The Balaban J connectivity index is 2.30. The van der Waals surface area contributed by atoms with Crippen LogP contribution in [0.25, 0.3) is 0 Å².